The van der Waals surface area contributed by atoms with Crippen molar-refractivity contribution < 1.29 is 14.3 Å². The van der Waals surface area contributed by atoms with Crippen molar-refractivity contribution in [2.24, 2.45) is 4.99 Å². The molecule has 4 aromatic carbocycles. The third-order valence-electron chi connectivity index (χ3n) is 5.67. The van der Waals surface area contributed by atoms with Crippen LogP contribution < -0.4 is 14.4 Å². The van der Waals surface area contributed by atoms with Crippen molar-refractivity contribution in [3.05, 3.63) is 124 Å². The molecule has 5 nitrogen and oxygen atoms in total. The first-order valence-corrected chi connectivity index (χ1v) is 13.4. The maximum atomic E-state index is 13.6. The van der Waals surface area contributed by atoms with Crippen LogP contribution in [0.4, 0.5) is 11.4 Å². The van der Waals surface area contributed by atoms with Gasteiger partial charge in [0.1, 0.15) is 6.61 Å². The Morgan fingerprint density at radius 3 is 2.29 bits per heavy atom. The molecule has 0 aromatic heterocycles. The zero-order valence-corrected chi connectivity index (χ0v) is 22.3. The maximum Gasteiger partial charge on any atom is 0.271 e. The Labute approximate surface area is 231 Å². The highest BCUT2D eigenvalue weighted by molar-refractivity contribution is 8.19. The van der Waals surface area contributed by atoms with Crippen molar-refractivity contribution in [1.29, 1.82) is 0 Å². The molecule has 0 aliphatic carbocycles. The van der Waals surface area contributed by atoms with Crippen LogP contribution in [0.15, 0.2) is 113 Å². The number of hydrogen-bond donors (Lipinski definition) is 0. The summed E-state index contributed by atoms with van der Waals surface area (Å²) >= 11 is 7.33. The van der Waals surface area contributed by atoms with Crippen LogP contribution in [0.25, 0.3) is 6.08 Å². The van der Waals surface area contributed by atoms with Gasteiger partial charge in [-0.15, -0.1) is 0 Å². The minimum absolute atomic E-state index is 0.128. The summed E-state index contributed by atoms with van der Waals surface area (Å²) in [5.74, 6) is 1.12. The van der Waals surface area contributed by atoms with Crippen LogP contribution in [0.2, 0.25) is 5.02 Å². The van der Waals surface area contributed by atoms with Crippen LogP contribution in [0.3, 0.4) is 0 Å². The Kier molecular flexibility index (Phi) is 8.12. The van der Waals surface area contributed by atoms with Crippen molar-refractivity contribution in [2.75, 3.05) is 11.5 Å². The van der Waals surface area contributed by atoms with Gasteiger partial charge in [-0.2, -0.15) is 0 Å². The number of anilines is 1. The van der Waals surface area contributed by atoms with Crippen molar-refractivity contribution in [1.82, 2.24) is 0 Å². The van der Waals surface area contributed by atoms with Crippen LogP contribution in [-0.4, -0.2) is 17.7 Å². The van der Waals surface area contributed by atoms with E-state index in [1.807, 2.05) is 116 Å². The number of amides is 1. The van der Waals surface area contributed by atoms with Gasteiger partial charge in [0.15, 0.2) is 16.7 Å². The number of thioether (sulfide) groups is 1. The fraction of sp³-hybridized carbons (Fsp3) is 0.0968. The Morgan fingerprint density at radius 1 is 0.868 bits per heavy atom. The Balaban J connectivity index is 1.43. The third-order valence-corrected chi connectivity index (χ3v) is 6.90. The molecule has 0 unspecified atom stereocenters. The van der Waals surface area contributed by atoms with Crippen LogP contribution in [0, 0.1) is 0 Å². The molecule has 4 aromatic rings. The predicted octanol–water partition coefficient (Wildman–Crippen LogP) is 8.13. The number of carbonyl (C=O) groups is 1. The highest BCUT2D eigenvalue weighted by Gasteiger charge is 2.34. The highest BCUT2D eigenvalue weighted by atomic mass is 35.5. The second-order valence-corrected chi connectivity index (χ2v) is 9.82. The largest absolute Gasteiger partial charge is 0.490 e. The Hall–Kier alpha value is -4.00. The number of rotatable bonds is 8. The number of ether oxygens (including phenoxy) is 2. The first-order chi connectivity index (χ1) is 18.6. The van der Waals surface area contributed by atoms with Gasteiger partial charge in [0.25, 0.3) is 5.91 Å². The zero-order chi connectivity index (χ0) is 26.3. The first-order valence-electron chi connectivity index (χ1n) is 12.2. The fourth-order valence-corrected chi connectivity index (χ4v) is 4.99. The predicted molar refractivity (Wildman–Crippen MR) is 156 cm³/mol. The standard InChI is InChI=1S/C31H25ClN2O3S/c1-2-36-28-19-23(15-18-27(28)37-21-22-13-16-24(32)17-14-22)20-29-30(35)34(26-11-7-4-8-12-26)31(38-29)33-25-9-5-3-6-10-25/h3-20H,2,21H2,1H3/b29-20-,33-31?. The number of para-hydroxylation sites is 2. The molecule has 0 radical (unpaired) electrons. The Morgan fingerprint density at radius 2 is 1.58 bits per heavy atom. The van der Waals surface area contributed by atoms with Gasteiger partial charge in [0.2, 0.25) is 0 Å². The molecule has 190 valence electrons. The number of nitrogens with zero attached hydrogens (tertiary/aromatic N) is 2. The van der Waals surface area contributed by atoms with E-state index in [1.54, 1.807) is 4.90 Å². The lowest BCUT2D eigenvalue weighted by Crippen LogP contribution is -2.28. The van der Waals surface area contributed by atoms with E-state index in [9.17, 15) is 4.79 Å². The van der Waals surface area contributed by atoms with E-state index in [0.29, 0.717) is 39.8 Å². The van der Waals surface area contributed by atoms with Crippen LogP contribution in [-0.2, 0) is 11.4 Å². The normalized spacial score (nSPS) is 15.3. The molecular weight excluding hydrogens is 516 g/mol. The van der Waals surface area contributed by atoms with Gasteiger partial charge in [-0.3, -0.25) is 9.69 Å². The van der Waals surface area contributed by atoms with Crippen molar-refractivity contribution in [2.45, 2.75) is 13.5 Å². The van der Waals surface area contributed by atoms with Gasteiger partial charge in [0, 0.05) is 5.02 Å². The maximum absolute atomic E-state index is 13.6. The third kappa shape index (κ3) is 6.10. The lowest BCUT2D eigenvalue weighted by Gasteiger charge is -2.15. The van der Waals surface area contributed by atoms with E-state index in [4.69, 9.17) is 26.1 Å². The molecular formula is C31H25ClN2O3S. The smallest absolute Gasteiger partial charge is 0.271 e. The molecule has 0 spiro atoms. The second-order valence-electron chi connectivity index (χ2n) is 8.37. The van der Waals surface area contributed by atoms with E-state index < -0.39 is 0 Å². The second kappa shape index (κ2) is 12.0. The Bertz CT molecular complexity index is 1470. The van der Waals surface area contributed by atoms with Crippen LogP contribution >= 0.6 is 23.4 Å². The summed E-state index contributed by atoms with van der Waals surface area (Å²) in [5.41, 5.74) is 3.38. The minimum atomic E-state index is -0.128. The van der Waals surface area contributed by atoms with Crippen molar-refractivity contribution in [3.8, 4) is 11.5 Å². The monoisotopic (exact) mass is 540 g/mol. The lowest BCUT2D eigenvalue weighted by atomic mass is 10.1. The number of carbonyl (C=O) groups excluding carboxylic acids is 1. The number of amidine groups is 1. The molecule has 0 saturated carbocycles. The van der Waals surface area contributed by atoms with Gasteiger partial charge >= 0.3 is 0 Å². The molecule has 0 bridgehead atoms. The molecule has 0 N–H and O–H groups in total. The first kappa shape index (κ1) is 25.6. The van der Waals surface area contributed by atoms with Gasteiger partial charge in [-0.1, -0.05) is 66.2 Å². The fourth-order valence-electron chi connectivity index (χ4n) is 3.86. The molecule has 1 heterocycles. The molecule has 1 aliphatic heterocycles. The summed E-state index contributed by atoms with van der Waals surface area (Å²) in [4.78, 5) is 20.6. The summed E-state index contributed by atoms with van der Waals surface area (Å²) in [6.07, 6.45) is 1.86. The number of benzene rings is 4. The van der Waals surface area contributed by atoms with E-state index in [-0.39, 0.29) is 5.91 Å². The summed E-state index contributed by atoms with van der Waals surface area (Å²) in [5, 5.41) is 1.29. The molecule has 0 atom stereocenters. The topological polar surface area (TPSA) is 51.1 Å². The lowest BCUT2D eigenvalue weighted by molar-refractivity contribution is -0.113. The van der Waals surface area contributed by atoms with Gasteiger partial charge in [-0.25, -0.2) is 4.99 Å². The summed E-state index contributed by atoms with van der Waals surface area (Å²) in [6, 6.07) is 32.4. The molecule has 38 heavy (non-hydrogen) atoms. The molecule has 1 saturated heterocycles. The summed E-state index contributed by atoms with van der Waals surface area (Å²) in [6.45, 7) is 2.80. The number of hydrogen-bond acceptors (Lipinski definition) is 5. The van der Waals surface area contributed by atoms with Crippen molar-refractivity contribution >= 4 is 51.9 Å². The molecule has 7 heteroatoms. The van der Waals surface area contributed by atoms with Crippen molar-refractivity contribution in [3.63, 3.8) is 0 Å². The summed E-state index contributed by atoms with van der Waals surface area (Å²) in [7, 11) is 0. The number of aliphatic imine (C=N–C) groups is 1. The molecule has 5 rings (SSSR count). The molecule has 1 aliphatic rings. The average Bonchev–Trinajstić information content (AvgIpc) is 3.24. The summed E-state index contributed by atoms with van der Waals surface area (Å²) < 4.78 is 11.9. The van der Waals surface area contributed by atoms with Gasteiger partial charge in [0.05, 0.1) is 22.9 Å². The SMILES string of the molecule is CCOc1cc(/C=C2\SC(=Nc3ccccc3)N(c3ccccc3)C2=O)ccc1OCc1ccc(Cl)cc1. The van der Waals surface area contributed by atoms with Gasteiger partial charge < -0.3 is 9.47 Å². The van der Waals surface area contributed by atoms with E-state index in [1.165, 1.54) is 11.8 Å². The van der Waals surface area contributed by atoms with Crippen LogP contribution in [0.5, 0.6) is 11.5 Å². The quantitative estimate of drug-likeness (QED) is 0.212. The molecule has 1 fully saturated rings. The van der Waals surface area contributed by atoms with Crippen LogP contribution in [0.1, 0.15) is 18.1 Å². The van der Waals surface area contributed by atoms with E-state index in [2.05, 4.69) is 0 Å². The minimum Gasteiger partial charge on any atom is -0.490 e. The average molecular weight is 541 g/mol. The zero-order valence-electron chi connectivity index (χ0n) is 20.7. The molecule has 1 amide bonds. The highest BCUT2D eigenvalue weighted by Crippen LogP contribution is 2.38. The van der Waals surface area contributed by atoms with Gasteiger partial charge in [-0.05, 0) is 84.4 Å². The number of halogens is 1. The van der Waals surface area contributed by atoms with E-state index in [0.717, 1.165) is 22.5 Å². The van der Waals surface area contributed by atoms with E-state index >= 15 is 0 Å².